The Morgan fingerprint density at radius 1 is 1.28 bits per heavy atom. The Kier molecular flexibility index (Phi) is 6.12. The van der Waals surface area contributed by atoms with Crippen LogP contribution in [0.4, 0.5) is 0 Å². The first-order valence-electron chi connectivity index (χ1n) is 8.97. The lowest BCUT2D eigenvalue weighted by atomic mass is 10.0. The number of rotatable bonds is 5. The van der Waals surface area contributed by atoms with E-state index in [4.69, 9.17) is 9.47 Å². The van der Waals surface area contributed by atoms with Gasteiger partial charge in [0.15, 0.2) is 11.5 Å². The number of ether oxygens (including phenoxy) is 2. The monoisotopic (exact) mass is 349 g/mol. The van der Waals surface area contributed by atoms with Crippen molar-refractivity contribution >= 4 is 5.91 Å². The third-order valence-electron chi connectivity index (χ3n) is 4.67. The zero-order chi connectivity index (χ0) is 17.6. The Balaban J connectivity index is 1.89. The van der Waals surface area contributed by atoms with Crippen LogP contribution in [-0.2, 0) is 9.53 Å². The number of amides is 1. The summed E-state index contributed by atoms with van der Waals surface area (Å²) in [4.78, 5) is 17.3. The van der Waals surface area contributed by atoms with Crippen LogP contribution in [-0.4, -0.2) is 79.9 Å². The Hall–Kier alpha value is -1.83. The molecule has 7 heteroatoms. The molecule has 7 nitrogen and oxygen atoms in total. The summed E-state index contributed by atoms with van der Waals surface area (Å²) in [5.41, 5.74) is 0.861. The molecule has 1 unspecified atom stereocenters. The largest absolute Gasteiger partial charge is 0.504 e. The van der Waals surface area contributed by atoms with Crippen molar-refractivity contribution in [1.29, 1.82) is 0 Å². The van der Waals surface area contributed by atoms with Crippen LogP contribution in [0.5, 0.6) is 11.5 Å². The summed E-state index contributed by atoms with van der Waals surface area (Å²) < 4.78 is 10.9. The molecule has 138 valence electrons. The van der Waals surface area contributed by atoms with Gasteiger partial charge in [-0.05, 0) is 24.6 Å². The topological polar surface area (TPSA) is 74.3 Å². The van der Waals surface area contributed by atoms with Gasteiger partial charge in [-0.3, -0.25) is 9.69 Å². The summed E-state index contributed by atoms with van der Waals surface area (Å²) in [5, 5.41) is 13.3. The summed E-state index contributed by atoms with van der Waals surface area (Å²) in [6.45, 7) is 8.10. The van der Waals surface area contributed by atoms with E-state index in [0.717, 1.165) is 31.7 Å². The first-order chi connectivity index (χ1) is 12.2. The van der Waals surface area contributed by atoms with Crippen LogP contribution in [0.3, 0.4) is 0 Å². The number of phenolic OH excluding ortho intramolecular Hbond substituents is 1. The van der Waals surface area contributed by atoms with Gasteiger partial charge in [-0.15, -0.1) is 0 Å². The second-order valence-electron chi connectivity index (χ2n) is 6.29. The fourth-order valence-electron chi connectivity index (χ4n) is 3.38. The van der Waals surface area contributed by atoms with E-state index in [1.54, 1.807) is 12.1 Å². The van der Waals surface area contributed by atoms with Crippen molar-refractivity contribution in [1.82, 2.24) is 15.1 Å². The minimum Gasteiger partial charge on any atom is -0.504 e. The van der Waals surface area contributed by atoms with Gasteiger partial charge in [0.2, 0.25) is 5.91 Å². The van der Waals surface area contributed by atoms with Gasteiger partial charge < -0.3 is 24.8 Å². The van der Waals surface area contributed by atoms with Crippen molar-refractivity contribution < 1.29 is 19.4 Å². The van der Waals surface area contributed by atoms with Crippen LogP contribution in [0, 0.1) is 0 Å². The fourth-order valence-corrected chi connectivity index (χ4v) is 3.38. The van der Waals surface area contributed by atoms with E-state index in [1.165, 1.54) is 0 Å². The van der Waals surface area contributed by atoms with E-state index in [-0.39, 0.29) is 17.7 Å². The molecular formula is C18H27N3O4. The molecule has 1 aromatic rings. The van der Waals surface area contributed by atoms with E-state index in [2.05, 4.69) is 10.2 Å². The van der Waals surface area contributed by atoms with E-state index in [9.17, 15) is 9.90 Å². The number of benzene rings is 1. The Morgan fingerprint density at radius 3 is 2.68 bits per heavy atom. The average molecular weight is 349 g/mol. The highest BCUT2D eigenvalue weighted by molar-refractivity contribution is 5.83. The second-order valence-corrected chi connectivity index (χ2v) is 6.29. The molecular weight excluding hydrogens is 322 g/mol. The third kappa shape index (κ3) is 4.23. The lowest BCUT2D eigenvalue weighted by Gasteiger charge is -2.38. The van der Waals surface area contributed by atoms with Crippen molar-refractivity contribution in [2.45, 2.75) is 13.0 Å². The predicted octanol–water partition coefficient (Wildman–Crippen LogP) is 0.596. The van der Waals surface area contributed by atoms with Gasteiger partial charge in [0, 0.05) is 39.3 Å². The highest BCUT2D eigenvalue weighted by Crippen LogP contribution is 2.32. The van der Waals surface area contributed by atoms with Crippen LogP contribution in [0.1, 0.15) is 18.5 Å². The summed E-state index contributed by atoms with van der Waals surface area (Å²) in [5.74, 6) is 0.622. The molecule has 2 N–H and O–H groups in total. The van der Waals surface area contributed by atoms with Crippen LogP contribution < -0.4 is 10.1 Å². The lowest BCUT2D eigenvalue weighted by molar-refractivity contribution is -0.141. The van der Waals surface area contributed by atoms with Crippen molar-refractivity contribution in [3.8, 4) is 11.5 Å². The molecule has 3 rings (SSSR count). The maximum Gasteiger partial charge on any atom is 0.244 e. The first kappa shape index (κ1) is 18.0. The number of piperazine rings is 1. The molecule has 1 amide bonds. The Morgan fingerprint density at radius 2 is 2.00 bits per heavy atom. The number of aromatic hydroxyl groups is 1. The maximum absolute atomic E-state index is 13.3. The molecule has 2 heterocycles. The SMILES string of the molecule is CCOc1cc(C(C(=O)N2CCOCC2)N2CCNCC2)ccc1O. The number of morpholine rings is 1. The van der Waals surface area contributed by atoms with Gasteiger partial charge in [0.25, 0.3) is 0 Å². The van der Waals surface area contributed by atoms with Gasteiger partial charge in [0.1, 0.15) is 6.04 Å². The molecule has 1 atom stereocenters. The number of phenols is 1. The normalized spacial score (nSPS) is 20.3. The number of carbonyl (C=O) groups is 1. The molecule has 2 saturated heterocycles. The van der Waals surface area contributed by atoms with Crippen LogP contribution in [0.25, 0.3) is 0 Å². The minimum absolute atomic E-state index is 0.0957. The maximum atomic E-state index is 13.3. The number of nitrogens with zero attached hydrogens (tertiary/aromatic N) is 2. The molecule has 0 saturated carbocycles. The summed E-state index contributed by atoms with van der Waals surface area (Å²) in [6.07, 6.45) is 0. The molecule has 0 bridgehead atoms. The summed E-state index contributed by atoms with van der Waals surface area (Å²) >= 11 is 0. The Bertz CT molecular complexity index is 584. The zero-order valence-electron chi connectivity index (χ0n) is 14.7. The quantitative estimate of drug-likeness (QED) is 0.811. The molecule has 0 aromatic heterocycles. The fraction of sp³-hybridized carbons (Fsp3) is 0.611. The van der Waals surface area contributed by atoms with Crippen molar-refractivity contribution in [3.63, 3.8) is 0 Å². The molecule has 2 aliphatic rings. The van der Waals surface area contributed by atoms with E-state index in [1.807, 2.05) is 17.9 Å². The molecule has 1 aromatic carbocycles. The van der Waals surface area contributed by atoms with Crippen molar-refractivity contribution in [2.75, 3.05) is 59.1 Å². The van der Waals surface area contributed by atoms with Gasteiger partial charge in [0.05, 0.1) is 19.8 Å². The second kappa shape index (κ2) is 8.51. The highest BCUT2D eigenvalue weighted by atomic mass is 16.5. The molecule has 2 aliphatic heterocycles. The van der Waals surface area contributed by atoms with E-state index in [0.29, 0.717) is 38.7 Å². The number of hydrogen-bond acceptors (Lipinski definition) is 6. The van der Waals surface area contributed by atoms with E-state index >= 15 is 0 Å². The smallest absolute Gasteiger partial charge is 0.244 e. The van der Waals surface area contributed by atoms with Crippen LogP contribution in [0.15, 0.2) is 18.2 Å². The third-order valence-corrected chi connectivity index (χ3v) is 4.67. The molecule has 25 heavy (non-hydrogen) atoms. The van der Waals surface area contributed by atoms with Gasteiger partial charge >= 0.3 is 0 Å². The van der Waals surface area contributed by atoms with Crippen molar-refractivity contribution in [3.05, 3.63) is 23.8 Å². The van der Waals surface area contributed by atoms with Crippen molar-refractivity contribution in [2.24, 2.45) is 0 Å². The highest BCUT2D eigenvalue weighted by Gasteiger charge is 2.33. The van der Waals surface area contributed by atoms with E-state index < -0.39 is 0 Å². The molecule has 0 aliphatic carbocycles. The molecule has 0 spiro atoms. The van der Waals surface area contributed by atoms with Crippen LogP contribution >= 0.6 is 0 Å². The van der Waals surface area contributed by atoms with Gasteiger partial charge in [-0.25, -0.2) is 0 Å². The average Bonchev–Trinajstić information content (AvgIpc) is 2.66. The number of nitrogens with one attached hydrogen (secondary N) is 1. The Labute approximate surface area is 148 Å². The number of carbonyl (C=O) groups excluding carboxylic acids is 1. The van der Waals surface area contributed by atoms with Crippen LogP contribution in [0.2, 0.25) is 0 Å². The zero-order valence-corrected chi connectivity index (χ0v) is 14.7. The minimum atomic E-state index is -0.361. The van der Waals surface area contributed by atoms with Gasteiger partial charge in [-0.1, -0.05) is 6.07 Å². The molecule has 0 radical (unpaired) electrons. The first-order valence-corrected chi connectivity index (χ1v) is 8.97. The molecule has 2 fully saturated rings. The number of hydrogen-bond donors (Lipinski definition) is 2. The predicted molar refractivity (Wildman–Crippen MR) is 93.9 cm³/mol. The summed E-state index contributed by atoms with van der Waals surface area (Å²) in [7, 11) is 0. The summed E-state index contributed by atoms with van der Waals surface area (Å²) in [6, 6.07) is 4.87. The van der Waals surface area contributed by atoms with Gasteiger partial charge in [-0.2, -0.15) is 0 Å². The lowest BCUT2D eigenvalue weighted by Crippen LogP contribution is -2.52. The standard InChI is InChI=1S/C18H27N3O4/c1-2-25-16-13-14(3-4-15(16)22)17(20-7-5-19-6-8-20)18(23)21-9-11-24-12-10-21/h3-4,13,17,19,22H,2,5-12H2,1H3.